The fourth-order valence-corrected chi connectivity index (χ4v) is 1.42. The van der Waals surface area contributed by atoms with Crippen molar-refractivity contribution in [2.45, 2.75) is 38.8 Å². The van der Waals surface area contributed by atoms with Crippen molar-refractivity contribution in [3.63, 3.8) is 0 Å². The van der Waals surface area contributed by atoms with Gasteiger partial charge in [-0.3, -0.25) is 19.8 Å². The molecule has 0 bridgehead atoms. The Hall–Kier alpha value is -2.32. The van der Waals surface area contributed by atoms with Crippen molar-refractivity contribution >= 4 is 23.7 Å². The SMILES string of the molecule is CC(=O)N[C@@H](CCCNC(=N)N)C(=O)N[C@@H](C)C(=O)O. The molecule has 0 aromatic carbocycles. The normalized spacial score (nSPS) is 12.9. The molecule has 0 fully saturated rings. The minimum absolute atomic E-state index is 0.176. The lowest BCUT2D eigenvalue weighted by molar-refractivity contribution is -0.141. The van der Waals surface area contributed by atoms with Crippen LogP contribution in [0.5, 0.6) is 0 Å². The Bertz CT molecular complexity index is 385. The largest absolute Gasteiger partial charge is 0.480 e. The molecule has 0 aliphatic carbocycles. The summed E-state index contributed by atoms with van der Waals surface area (Å²) >= 11 is 0. The average molecular weight is 287 g/mol. The van der Waals surface area contributed by atoms with Crippen molar-refractivity contribution in [3.8, 4) is 0 Å². The van der Waals surface area contributed by atoms with Gasteiger partial charge in [-0.05, 0) is 19.8 Å². The maximum Gasteiger partial charge on any atom is 0.325 e. The van der Waals surface area contributed by atoms with Gasteiger partial charge in [0.2, 0.25) is 11.8 Å². The van der Waals surface area contributed by atoms with Gasteiger partial charge >= 0.3 is 5.97 Å². The smallest absolute Gasteiger partial charge is 0.325 e. The summed E-state index contributed by atoms with van der Waals surface area (Å²) in [6.45, 7) is 2.99. The van der Waals surface area contributed by atoms with E-state index in [-0.39, 0.29) is 11.9 Å². The van der Waals surface area contributed by atoms with Crippen LogP contribution in [0.1, 0.15) is 26.7 Å². The van der Waals surface area contributed by atoms with Gasteiger partial charge < -0.3 is 26.8 Å². The number of guanidine groups is 1. The molecule has 7 N–H and O–H groups in total. The Morgan fingerprint density at radius 2 is 1.90 bits per heavy atom. The fraction of sp³-hybridized carbons (Fsp3) is 0.636. The van der Waals surface area contributed by atoms with E-state index in [2.05, 4.69) is 16.0 Å². The van der Waals surface area contributed by atoms with Crippen LogP contribution in [-0.2, 0) is 14.4 Å². The van der Waals surface area contributed by atoms with E-state index in [9.17, 15) is 14.4 Å². The van der Waals surface area contributed by atoms with Gasteiger partial charge in [0.15, 0.2) is 5.96 Å². The number of amides is 2. The van der Waals surface area contributed by atoms with Gasteiger partial charge in [-0.25, -0.2) is 0 Å². The lowest BCUT2D eigenvalue weighted by Gasteiger charge is -2.19. The maximum absolute atomic E-state index is 11.8. The molecule has 0 radical (unpaired) electrons. The van der Waals surface area contributed by atoms with Crippen LogP contribution >= 0.6 is 0 Å². The average Bonchev–Trinajstić information content (AvgIpc) is 2.31. The number of carbonyl (C=O) groups excluding carboxylic acids is 2. The van der Waals surface area contributed by atoms with Gasteiger partial charge in [0.1, 0.15) is 12.1 Å². The third-order valence-electron chi connectivity index (χ3n) is 2.41. The molecular weight excluding hydrogens is 266 g/mol. The molecule has 0 spiro atoms. The van der Waals surface area contributed by atoms with E-state index in [1.54, 1.807) is 0 Å². The summed E-state index contributed by atoms with van der Waals surface area (Å²) in [7, 11) is 0. The number of hydrogen-bond acceptors (Lipinski definition) is 4. The zero-order valence-electron chi connectivity index (χ0n) is 11.5. The van der Waals surface area contributed by atoms with Crippen molar-refractivity contribution in [1.82, 2.24) is 16.0 Å². The van der Waals surface area contributed by atoms with Crippen LogP contribution in [0.15, 0.2) is 0 Å². The number of carbonyl (C=O) groups is 3. The molecule has 0 heterocycles. The minimum Gasteiger partial charge on any atom is -0.480 e. The highest BCUT2D eigenvalue weighted by Crippen LogP contribution is 1.98. The number of aliphatic carboxylic acids is 1. The van der Waals surface area contributed by atoms with Gasteiger partial charge in [0, 0.05) is 13.5 Å². The van der Waals surface area contributed by atoms with Crippen molar-refractivity contribution in [2.24, 2.45) is 5.73 Å². The van der Waals surface area contributed by atoms with Crippen LogP contribution < -0.4 is 21.7 Å². The van der Waals surface area contributed by atoms with Crippen LogP contribution in [0.25, 0.3) is 0 Å². The number of rotatable bonds is 8. The van der Waals surface area contributed by atoms with Crippen molar-refractivity contribution in [2.75, 3.05) is 6.54 Å². The Morgan fingerprint density at radius 3 is 2.35 bits per heavy atom. The molecule has 9 nitrogen and oxygen atoms in total. The molecule has 0 aromatic heterocycles. The highest BCUT2D eigenvalue weighted by molar-refractivity contribution is 5.89. The maximum atomic E-state index is 11.8. The summed E-state index contributed by atoms with van der Waals surface area (Å²) in [6, 6.07) is -1.85. The van der Waals surface area contributed by atoms with E-state index in [0.29, 0.717) is 19.4 Å². The third-order valence-corrected chi connectivity index (χ3v) is 2.41. The Morgan fingerprint density at radius 1 is 1.30 bits per heavy atom. The van der Waals surface area contributed by atoms with Gasteiger partial charge in [-0.15, -0.1) is 0 Å². The molecule has 20 heavy (non-hydrogen) atoms. The molecule has 0 rings (SSSR count). The van der Waals surface area contributed by atoms with Crippen molar-refractivity contribution < 1.29 is 19.5 Å². The number of carboxylic acid groups (broad SMARTS) is 1. The topological polar surface area (TPSA) is 157 Å². The summed E-state index contributed by atoms with van der Waals surface area (Å²) < 4.78 is 0. The van der Waals surface area contributed by atoms with E-state index >= 15 is 0 Å². The van der Waals surface area contributed by atoms with Gasteiger partial charge in [0.25, 0.3) is 0 Å². The Balaban J connectivity index is 4.39. The monoisotopic (exact) mass is 287 g/mol. The summed E-state index contributed by atoms with van der Waals surface area (Å²) in [5.41, 5.74) is 5.11. The minimum atomic E-state index is -1.15. The number of hydrogen-bond donors (Lipinski definition) is 6. The zero-order valence-corrected chi connectivity index (χ0v) is 11.5. The standard InChI is InChI=1S/C11H21N5O4/c1-6(10(19)20)15-9(18)8(16-7(2)17)4-3-5-14-11(12)13/h6,8H,3-5H2,1-2H3,(H,15,18)(H,16,17)(H,19,20)(H4,12,13,14)/t6-,8-/m0/s1. The first-order valence-corrected chi connectivity index (χ1v) is 6.12. The first kappa shape index (κ1) is 17.7. The summed E-state index contributed by atoms with van der Waals surface area (Å²) in [5.74, 6) is -2.27. The van der Waals surface area contributed by atoms with Crippen LogP contribution in [0.4, 0.5) is 0 Å². The summed E-state index contributed by atoms with van der Waals surface area (Å²) in [6.07, 6.45) is 0.789. The molecule has 0 saturated carbocycles. The molecule has 0 unspecified atom stereocenters. The molecule has 9 heteroatoms. The molecule has 0 aliphatic heterocycles. The van der Waals surface area contributed by atoms with Crippen LogP contribution in [-0.4, -0.2) is 47.5 Å². The summed E-state index contributed by atoms with van der Waals surface area (Å²) in [4.78, 5) is 33.6. The van der Waals surface area contributed by atoms with Crippen LogP contribution in [0.2, 0.25) is 0 Å². The van der Waals surface area contributed by atoms with Gasteiger partial charge in [-0.2, -0.15) is 0 Å². The second kappa shape index (κ2) is 8.73. The van der Waals surface area contributed by atoms with Gasteiger partial charge in [0.05, 0.1) is 0 Å². The zero-order chi connectivity index (χ0) is 15.7. The highest BCUT2D eigenvalue weighted by atomic mass is 16.4. The first-order valence-electron chi connectivity index (χ1n) is 6.12. The predicted octanol–water partition coefficient (Wildman–Crippen LogP) is -1.66. The van der Waals surface area contributed by atoms with Crippen molar-refractivity contribution in [1.29, 1.82) is 5.41 Å². The van der Waals surface area contributed by atoms with Gasteiger partial charge in [-0.1, -0.05) is 0 Å². The quantitative estimate of drug-likeness (QED) is 0.178. The second-order valence-corrected chi connectivity index (χ2v) is 4.30. The van der Waals surface area contributed by atoms with E-state index in [4.69, 9.17) is 16.2 Å². The van der Waals surface area contributed by atoms with E-state index < -0.39 is 24.0 Å². The molecular formula is C11H21N5O4. The lowest BCUT2D eigenvalue weighted by Crippen LogP contribution is -2.50. The van der Waals surface area contributed by atoms with Crippen LogP contribution in [0.3, 0.4) is 0 Å². The molecule has 0 saturated heterocycles. The first-order chi connectivity index (χ1) is 9.23. The Labute approximate surface area is 116 Å². The van der Waals surface area contributed by atoms with E-state index in [1.165, 1.54) is 13.8 Å². The molecule has 114 valence electrons. The fourth-order valence-electron chi connectivity index (χ4n) is 1.42. The van der Waals surface area contributed by atoms with Crippen LogP contribution in [0, 0.1) is 5.41 Å². The third kappa shape index (κ3) is 7.90. The molecule has 0 aromatic rings. The van der Waals surface area contributed by atoms with Crippen molar-refractivity contribution in [3.05, 3.63) is 0 Å². The number of nitrogens with two attached hydrogens (primary N) is 1. The molecule has 0 aliphatic rings. The lowest BCUT2D eigenvalue weighted by atomic mass is 10.1. The van der Waals surface area contributed by atoms with E-state index in [0.717, 1.165) is 0 Å². The Kier molecular flexibility index (Phi) is 7.71. The highest BCUT2D eigenvalue weighted by Gasteiger charge is 2.22. The molecule has 2 amide bonds. The predicted molar refractivity (Wildman–Crippen MR) is 72.0 cm³/mol. The number of carboxylic acids is 1. The second-order valence-electron chi connectivity index (χ2n) is 4.30. The molecule has 2 atom stereocenters. The van der Waals surface area contributed by atoms with E-state index in [1.807, 2.05) is 0 Å². The summed E-state index contributed by atoms with van der Waals surface area (Å²) in [5, 5.41) is 23.0. The number of nitrogens with one attached hydrogen (secondary N) is 4.